The Morgan fingerprint density at radius 1 is 1.22 bits per heavy atom. The molecule has 1 fully saturated rings. The van der Waals surface area contributed by atoms with Gasteiger partial charge in [0.2, 0.25) is 5.95 Å². The van der Waals surface area contributed by atoms with Gasteiger partial charge in [-0.25, -0.2) is 18.7 Å². The Bertz CT molecular complexity index is 1240. The summed E-state index contributed by atoms with van der Waals surface area (Å²) in [4.78, 5) is 26.4. The highest BCUT2D eigenvalue weighted by Gasteiger charge is 2.47. The maximum atomic E-state index is 14.6. The fourth-order valence-electron chi connectivity index (χ4n) is 4.30. The zero-order valence-electron chi connectivity index (χ0n) is 19.7. The first-order valence-corrected chi connectivity index (χ1v) is 11.1. The monoisotopic (exact) mass is 509 g/mol. The van der Waals surface area contributed by atoms with E-state index in [0.29, 0.717) is 29.3 Å². The van der Waals surface area contributed by atoms with Crippen molar-refractivity contribution in [2.24, 2.45) is 13.0 Å². The number of pyridine rings is 1. The number of nitrogens with zero attached hydrogens (tertiary/aromatic N) is 6. The Morgan fingerprint density at radius 2 is 1.92 bits per heavy atom. The van der Waals surface area contributed by atoms with Crippen molar-refractivity contribution >= 4 is 11.9 Å². The predicted octanol–water partition coefficient (Wildman–Crippen LogP) is 4.20. The number of anilines is 1. The van der Waals surface area contributed by atoms with Crippen LogP contribution in [0.15, 0.2) is 36.8 Å². The number of likely N-dealkylation sites (tertiary alicyclic amines) is 1. The molecule has 0 bridgehead atoms. The van der Waals surface area contributed by atoms with Crippen molar-refractivity contribution in [3.05, 3.63) is 53.7 Å². The molecule has 1 aliphatic rings. The number of amides is 1. The smallest absolute Gasteiger partial charge is 0.352 e. The number of carbonyl (C=O) groups is 1. The summed E-state index contributed by atoms with van der Waals surface area (Å²) in [5, 5.41) is 7.02. The standard InChI is InChI=1S/C23H24F5N7O/c1-13-7-22(24,25)12-35(18(13)10-31-21-29-8-15(9-30-21)23(26,27)28)20(36)19-16(11-34(3)33-19)17-6-4-5-14(2)32-17/h4-6,8-9,11,13,18H,7,10,12H2,1-3H3,(H,29,30,31)/t13-,18-/m1/s1. The molecule has 192 valence electrons. The van der Waals surface area contributed by atoms with Gasteiger partial charge >= 0.3 is 6.18 Å². The Labute approximate surface area is 203 Å². The minimum Gasteiger partial charge on any atom is -0.352 e. The molecule has 0 spiro atoms. The number of alkyl halides is 5. The molecule has 0 saturated carbocycles. The number of aryl methyl sites for hydroxylation is 2. The third kappa shape index (κ3) is 5.44. The van der Waals surface area contributed by atoms with Gasteiger partial charge in [-0.3, -0.25) is 14.5 Å². The molecule has 0 radical (unpaired) electrons. The Balaban J connectivity index is 1.61. The van der Waals surface area contributed by atoms with E-state index in [9.17, 15) is 26.7 Å². The molecule has 2 atom stereocenters. The number of carbonyl (C=O) groups excluding carboxylic acids is 1. The SMILES string of the molecule is Cc1cccc(-c2cn(C)nc2C(=O)N2CC(F)(F)C[C@@H](C)[C@H]2CNc2ncc(C(F)(F)F)cn2)n1. The average Bonchev–Trinajstić information content (AvgIpc) is 3.18. The van der Waals surface area contributed by atoms with Crippen molar-refractivity contribution in [3.63, 3.8) is 0 Å². The molecule has 0 unspecified atom stereocenters. The lowest BCUT2D eigenvalue weighted by molar-refractivity contribution is -0.138. The number of nitrogens with one attached hydrogen (secondary N) is 1. The molecule has 1 aliphatic heterocycles. The van der Waals surface area contributed by atoms with Gasteiger partial charge in [0.25, 0.3) is 11.8 Å². The zero-order chi connectivity index (χ0) is 26.3. The minimum absolute atomic E-state index is 0.0173. The van der Waals surface area contributed by atoms with E-state index in [2.05, 4.69) is 25.4 Å². The zero-order valence-corrected chi connectivity index (χ0v) is 19.7. The number of aromatic nitrogens is 5. The van der Waals surface area contributed by atoms with E-state index in [4.69, 9.17) is 0 Å². The van der Waals surface area contributed by atoms with Gasteiger partial charge in [-0.15, -0.1) is 0 Å². The summed E-state index contributed by atoms with van der Waals surface area (Å²) in [5.41, 5.74) is 0.576. The summed E-state index contributed by atoms with van der Waals surface area (Å²) in [7, 11) is 1.62. The van der Waals surface area contributed by atoms with E-state index in [1.807, 2.05) is 0 Å². The van der Waals surface area contributed by atoms with Gasteiger partial charge in [0.05, 0.1) is 29.4 Å². The normalized spacial score (nSPS) is 19.8. The number of hydrogen-bond acceptors (Lipinski definition) is 6. The van der Waals surface area contributed by atoms with Crippen LogP contribution in [-0.2, 0) is 13.2 Å². The van der Waals surface area contributed by atoms with Crippen LogP contribution in [0.3, 0.4) is 0 Å². The van der Waals surface area contributed by atoms with E-state index in [1.54, 1.807) is 45.3 Å². The molecule has 1 saturated heterocycles. The third-order valence-corrected chi connectivity index (χ3v) is 5.98. The van der Waals surface area contributed by atoms with Crippen LogP contribution in [0.1, 0.15) is 35.1 Å². The third-order valence-electron chi connectivity index (χ3n) is 5.98. The highest BCUT2D eigenvalue weighted by molar-refractivity contribution is 5.98. The number of rotatable bonds is 5. The van der Waals surface area contributed by atoms with Crippen LogP contribution in [0.2, 0.25) is 0 Å². The van der Waals surface area contributed by atoms with Gasteiger partial charge in [-0.05, 0) is 25.0 Å². The van der Waals surface area contributed by atoms with E-state index in [-0.39, 0.29) is 18.2 Å². The largest absolute Gasteiger partial charge is 0.419 e. The van der Waals surface area contributed by atoms with Crippen LogP contribution in [0, 0.1) is 12.8 Å². The van der Waals surface area contributed by atoms with Gasteiger partial charge in [-0.2, -0.15) is 18.3 Å². The van der Waals surface area contributed by atoms with Crippen molar-refractivity contribution in [3.8, 4) is 11.3 Å². The second-order valence-corrected chi connectivity index (χ2v) is 8.94. The predicted molar refractivity (Wildman–Crippen MR) is 120 cm³/mol. The van der Waals surface area contributed by atoms with Gasteiger partial charge in [0.1, 0.15) is 0 Å². The lowest BCUT2D eigenvalue weighted by atomic mass is 9.88. The van der Waals surface area contributed by atoms with E-state index in [1.165, 1.54) is 4.68 Å². The molecule has 3 aromatic heterocycles. The quantitative estimate of drug-likeness (QED) is 0.519. The van der Waals surface area contributed by atoms with Crippen LogP contribution in [-0.4, -0.2) is 60.6 Å². The average molecular weight is 509 g/mol. The summed E-state index contributed by atoms with van der Waals surface area (Å²) in [6.07, 6.45) is -2.18. The number of hydrogen-bond donors (Lipinski definition) is 1. The fraction of sp³-hybridized carbons (Fsp3) is 0.435. The maximum Gasteiger partial charge on any atom is 0.419 e. The van der Waals surface area contributed by atoms with Crippen molar-refractivity contribution in [1.29, 1.82) is 0 Å². The van der Waals surface area contributed by atoms with Crippen LogP contribution in [0.25, 0.3) is 11.3 Å². The second-order valence-electron chi connectivity index (χ2n) is 8.94. The van der Waals surface area contributed by atoms with E-state index >= 15 is 0 Å². The lowest BCUT2D eigenvalue weighted by Crippen LogP contribution is -2.57. The molecule has 8 nitrogen and oxygen atoms in total. The molecule has 0 aliphatic carbocycles. The highest BCUT2D eigenvalue weighted by Crippen LogP contribution is 2.36. The molecule has 3 aromatic rings. The molecule has 4 heterocycles. The first-order valence-electron chi connectivity index (χ1n) is 11.1. The maximum absolute atomic E-state index is 14.6. The summed E-state index contributed by atoms with van der Waals surface area (Å²) in [5.74, 6) is -4.56. The summed E-state index contributed by atoms with van der Waals surface area (Å²) in [6, 6.07) is 4.55. The lowest BCUT2D eigenvalue weighted by Gasteiger charge is -2.43. The van der Waals surface area contributed by atoms with Gasteiger partial charge in [0, 0.05) is 44.3 Å². The van der Waals surface area contributed by atoms with Crippen LogP contribution in [0.4, 0.5) is 27.9 Å². The molecule has 36 heavy (non-hydrogen) atoms. The highest BCUT2D eigenvalue weighted by atomic mass is 19.4. The molecular formula is C23H24F5N7O. The van der Waals surface area contributed by atoms with Crippen molar-refractivity contribution in [2.75, 3.05) is 18.4 Å². The first-order chi connectivity index (χ1) is 16.8. The summed E-state index contributed by atoms with van der Waals surface area (Å²) < 4.78 is 68.9. The summed E-state index contributed by atoms with van der Waals surface area (Å²) >= 11 is 0. The van der Waals surface area contributed by atoms with Crippen molar-refractivity contribution < 1.29 is 26.7 Å². The molecule has 1 N–H and O–H groups in total. The van der Waals surface area contributed by atoms with Crippen molar-refractivity contribution in [1.82, 2.24) is 29.6 Å². The Kier molecular flexibility index (Phi) is 6.67. The molecule has 0 aromatic carbocycles. The van der Waals surface area contributed by atoms with Gasteiger partial charge < -0.3 is 10.2 Å². The summed E-state index contributed by atoms with van der Waals surface area (Å²) in [6.45, 7) is 2.51. The first kappa shape index (κ1) is 25.5. The molecule has 13 heteroatoms. The Hall–Kier alpha value is -3.64. The van der Waals surface area contributed by atoms with E-state index < -0.39 is 48.5 Å². The molecule has 4 rings (SSSR count). The number of piperidine rings is 1. The molecular weight excluding hydrogens is 485 g/mol. The van der Waals surface area contributed by atoms with Crippen LogP contribution < -0.4 is 5.32 Å². The minimum atomic E-state index is -4.59. The fourth-order valence-corrected chi connectivity index (χ4v) is 4.30. The van der Waals surface area contributed by atoms with Crippen LogP contribution in [0.5, 0.6) is 0 Å². The van der Waals surface area contributed by atoms with Crippen molar-refractivity contribution in [2.45, 2.75) is 38.4 Å². The topological polar surface area (TPSA) is 88.8 Å². The number of halogens is 5. The van der Waals surface area contributed by atoms with Gasteiger partial charge in [0.15, 0.2) is 5.69 Å². The Morgan fingerprint density at radius 3 is 2.56 bits per heavy atom. The second kappa shape index (κ2) is 9.43. The molecule has 1 amide bonds. The van der Waals surface area contributed by atoms with Gasteiger partial charge in [-0.1, -0.05) is 13.0 Å². The van der Waals surface area contributed by atoms with E-state index in [0.717, 1.165) is 4.90 Å². The van der Waals surface area contributed by atoms with Crippen LogP contribution >= 0.6 is 0 Å².